The van der Waals surface area contributed by atoms with Gasteiger partial charge in [0.25, 0.3) is 0 Å². The molecule has 2 aromatic heterocycles. The second-order valence-corrected chi connectivity index (χ2v) is 4.13. The predicted molar refractivity (Wildman–Crippen MR) is 64.3 cm³/mol. The van der Waals surface area contributed by atoms with Crippen LogP contribution in [0.1, 0.15) is 30.8 Å². The molecule has 6 heteroatoms. The SMILES string of the molecule is CCCNC(c1cn(C)cn1)c1cnnn1C. The maximum Gasteiger partial charge on any atom is 0.0953 e. The second kappa shape index (κ2) is 5.09. The highest BCUT2D eigenvalue weighted by atomic mass is 15.4. The van der Waals surface area contributed by atoms with Gasteiger partial charge in [-0.25, -0.2) is 4.98 Å². The highest BCUT2D eigenvalue weighted by Crippen LogP contribution is 2.18. The first-order chi connectivity index (χ1) is 8.22. The van der Waals surface area contributed by atoms with Crippen LogP contribution in [0.2, 0.25) is 0 Å². The summed E-state index contributed by atoms with van der Waals surface area (Å²) in [5.74, 6) is 0. The number of aryl methyl sites for hydroxylation is 2. The number of aromatic nitrogens is 5. The molecule has 0 bridgehead atoms. The van der Waals surface area contributed by atoms with Gasteiger partial charge < -0.3 is 9.88 Å². The fourth-order valence-corrected chi connectivity index (χ4v) is 1.79. The lowest BCUT2D eigenvalue weighted by atomic mass is 10.1. The molecule has 0 fully saturated rings. The van der Waals surface area contributed by atoms with Gasteiger partial charge in [-0.1, -0.05) is 12.1 Å². The van der Waals surface area contributed by atoms with Crippen molar-refractivity contribution in [1.82, 2.24) is 29.9 Å². The van der Waals surface area contributed by atoms with Crippen LogP contribution in [0.4, 0.5) is 0 Å². The summed E-state index contributed by atoms with van der Waals surface area (Å²) in [6.45, 7) is 3.08. The van der Waals surface area contributed by atoms with Gasteiger partial charge in [-0.2, -0.15) is 0 Å². The molecule has 2 rings (SSSR count). The summed E-state index contributed by atoms with van der Waals surface area (Å²) in [4.78, 5) is 4.40. The highest BCUT2D eigenvalue weighted by molar-refractivity contribution is 5.17. The lowest BCUT2D eigenvalue weighted by Gasteiger charge is -2.15. The average molecular weight is 234 g/mol. The van der Waals surface area contributed by atoms with Crippen molar-refractivity contribution in [2.45, 2.75) is 19.4 Å². The fraction of sp³-hybridized carbons (Fsp3) is 0.545. The summed E-state index contributed by atoms with van der Waals surface area (Å²) in [6, 6.07) is 0.0520. The standard InChI is InChI=1S/C11H18N6/c1-4-5-12-11(9-7-16(2)8-13-9)10-6-14-15-17(10)3/h6-8,11-12H,4-5H2,1-3H3. The lowest BCUT2D eigenvalue weighted by molar-refractivity contribution is 0.542. The third-order valence-corrected chi connectivity index (χ3v) is 2.66. The summed E-state index contributed by atoms with van der Waals surface area (Å²) in [6.07, 6.45) is 6.68. The smallest absolute Gasteiger partial charge is 0.0953 e. The molecule has 2 heterocycles. The largest absolute Gasteiger partial charge is 0.340 e. The van der Waals surface area contributed by atoms with Crippen LogP contribution in [0.3, 0.4) is 0 Å². The van der Waals surface area contributed by atoms with Crippen LogP contribution in [0.25, 0.3) is 0 Å². The Bertz CT molecular complexity index is 472. The quantitative estimate of drug-likeness (QED) is 0.824. The van der Waals surface area contributed by atoms with Crippen molar-refractivity contribution in [3.63, 3.8) is 0 Å². The Labute approximate surface area is 101 Å². The molecule has 0 amide bonds. The van der Waals surface area contributed by atoms with Crippen molar-refractivity contribution in [3.05, 3.63) is 30.1 Å². The van der Waals surface area contributed by atoms with Gasteiger partial charge in [0, 0.05) is 20.3 Å². The highest BCUT2D eigenvalue weighted by Gasteiger charge is 2.19. The van der Waals surface area contributed by atoms with Crippen molar-refractivity contribution < 1.29 is 0 Å². The maximum atomic E-state index is 4.40. The van der Waals surface area contributed by atoms with Gasteiger partial charge in [0.05, 0.1) is 30.0 Å². The second-order valence-electron chi connectivity index (χ2n) is 4.13. The van der Waals surface area contributed by atoms with Crippen molar-refractivity contribution in [2.24, 2.45) is 14.1 Å². The maximum absolute atomic E-state index is 4.40. The van der Waals surface area contributed by atoms with Crippen LogP contribution in [0, 0.1) is 0 Å². The molecule has 0 aromatic carbocycles. The fourth-order valence-electron chi connectivity index (χ4n) is 1.79. The normalized spacial score (nSPS) is 12.9. The van der Waals surface area contributed by atoms with E-state index < -0.39 is 0 Å². The minimum Gasteiger partial charge on any atom is -0.340 e. The van der Waals surface area contributed by atoms with Gasteiger partial charge in [-0.3, -0.25) is 4.68 Å². The predicted octanol–water partition coefficient (Wildman–Crippen LogP) is 0.638. The van der Waals surface area contributed by atoms with E-state index >= 15 is 0 Å². The van der Waals surface area contributed by atoms with Gasteiger partial charge >= 0.3 is 0 Å². The van der Waals surface area contributed by atoms with Crippen LogP contribution < -0.4 is 5.32 Å². The van der Waals surface area contributed by atoms with E-state index in [1.165, 1.54) is 0 Å². The topological polar surface area (TPSA) is 60.6 Å². The van der Waals surface area contributed by atoms with E-state index in [1.54, 1.807) is 17.2 Å². The summed E-state index contributed by atoms with van der Waals surface area (Å²) in [7, 11) is 3.86. The zero-order valence-electron chi connectivity index (χ0n) is 10.5. The molecular formula is C11H18N6. The number of hydrogen-bond acceptors (Lipinski definition) is 4. The summed E-state index contributed by atoms with van der Waals surface area (Å²) >= 11 is 0. The van der Waals surface area contributed by atoms with E-state index in [4.69, 9.17) is 0 Å². The van der Waals surface area contributed by atoms with Gasteiger partial charge in [0.15, 0.2) is 0 Å². The van der Waals surface area contributed by atoms with E-state index in [9.17, 15) is 0 Å². The molecule has 0 radical (unpaired) electrons. The minimum absolute atomic E-state index is 0.0520. The Hall–Kier alpha value is -1.69. The molecule has 0 spiro atoms. The molecule has 6 nitrogen and oxygen atoms in total. The Kier molecular flexibility index (Phi) is 3.53. The van der Waals surface area contributed by atoms with Crippen molar-refractivity contribution in [3.8, 4) is 0 Å². The van der Waals surface area contributed by atoms with Crippen LogP contribution in [0.5, 0.6) is 0 Å². The van der Waals surface area contributed by atoms with E-state index in [-0.39, 0.29) is 6.04 Å². The van der Waals surface area contributed by atoms with E-state index in [0.717, 1.165) is 24.4 Å². The van der Waals surface area contributed by atoms with Crippen LogP contribution in [0.15, 0.2) is 18.7 Å². The molecule has 17 heavy (non-hydrogen) atoms. The van der Waals surface area contributed by atoms with Crippen LogP contribution >= 0.6 is 0 Å². The molecule has 1 N–H and O–H groups in total. The average Bonchev–Trinajstić information content (AvgIpc) is 2.90. The van der Waals surface area contributed by atoms with Gasteiger partial charge in [-0.05, 0) is 13.0 Å². The summed E-state index contributed by atoms with van der Waals surface area (Å²) < 4.78 is 3.72. The first-order valence-electron chi connectivity index (χ1n) is 5.78. The Balaban J connectivity index is 2.28. The Morgan fingerprint density at radius 3 is 2.76 bits per heavy atom. The molecule has 1 unspecified atom stereocenters. The molecule has 2 aromatic rings. The molecule has 92 valence electrons. The van der Waals surface area contributed by atoms with Crippen molar-refractivity contribution >= 4 is 0 Å². The molecule has 1 atom stereocenters. The Morgan fingerprint density at radius 1 is 1.41 bits per heavy atom. The number of nitrogens with one attached hydrogen (secondary N) is 1. The third-order valence-electron chi connectivity index (χ3n) is 2.66. The third kappa shape index (κ3) is 2.52. The number of nitrogens with zero attached hydrogens (tertiary/aromatic N) is 5. The van der Waals surface area contributed by atoms with Crippen molar-refractivity contribution in [2.75, 3.05) is 6.54 Å². The number of imidazole rings is 1. The summed E-state index contributed by atoms with van der Waals surface area (Å²) in [5, 5.41) is 11.4. The lowest BCUT2D eigenvalue weighted by Crippen LogP contribution is -2.25. The van der Waals surface area contributed by atoms with Gasteiger partial charge in [0.2, 0.25) is 0 Å². The molecular weight excluding hydrogens is 216 g/mol. The molecule has 0 saturated heterocycles. The van der Waals surface area contributed by atoms with E-state index in [1.807, 2.05) is 24.9 Å². The van der Waals surface area contributed by atoms with E-state index in [2.05, 4.69) is 27.5 Å². The molecule has 0 aliphatic rings. The van der Waals surface area contributed by atoms with Crippen molar-refractivity contribution in [1.29, 1.82) is 0 Å². The molecule has 0 aliphatic heterocycles. The zero-order chi connectivity index (χ0) is 12.3. The zero-order valence-corrected chi connectivity index (χ0v) is 10.5. The monoisotopic (exact) mass is 234 g/mol. The Morgan fingerprint density at radius 2 is 2.24 bits per heavy atom. The van der Waals surface area contributed by atoms with Gasteiger partial charge in [-0.15, -0.1) is 5.10 Å². The number of hydrogen-bond donors (Lipinski definition) is 1. The number of rotatable bonds is 5. The minimum atomic E-state index is 0.0520. The van der Waals surface area contributed by atoms with Gasteiger partial charge in [0.1, 0.15) is 0 Å². The molecule has 0 saturated carbocycles. The van der Waals surface area contributed by atoms with Crippen LogP contribution in [-0.2, 0) is 14.1 Å². The molecule has 0 aliphatic carbocycles. The first kappa shape index (κ1) is 11.8. The van der Waals surface area contributed by atoms with E-state index in [0.29, 0.717) is 0 Å². The first-order valence-corrected chi connectivity index (χ1v) is 5.78. The van der Waals surface area contributed by atoms with Crippen LogP contribution in [-0.4, -0.2) is 31.1 Å². The summed E-state index contributed by atoms with van der Waals surface area (Å²) in [5.41, 5.74) is 2.02.